The number of nitro benzene ring substituents is 1. The van der Waals surface area contributed by atoms with E-state index in [-0.39, 0.29) is 30.0 Å². The molecule has 2 unspecified atom stereocenters. The Morgan fingerprint density at radius 1 is 1.35 bits per heavy atom. The number of rotatable bonds is 5. The molecule has 6 heteroatoms. The lowest BCUT2D eigenvalue weighted by molar-refractivity contribution is -0.384. The second-order valence-corrected chi connectivity index (χ2v) is 5.28. The van der Waals surface area contributed by atoms with E-state index >= 15 is 0 Å². The molecule has 0 saturated heterocycles. The van der Waals surface area contributed by atoms with E-state index in [9.17, 15) is 20.3 Å². The van der Waals surface area contributed by atoms with E-state index in [0.29, 0.717) is 12.1 Å². The number of non-ortho nitro benzene ring substituents is 1. The van der Waals surface area contributed by atoms with Gasteiger partial charge in [0.05, 0.1) is 4.92 Å². The first-order valence-corrected chi connectivity index (χ1v) is 6.92. The van der Waals surface area contributed by atoms with Crippen LogP contribution in [0.1, 0.15) is 31.2 Å². The quantitative estimate of drug-likeness (QED) is 0.566. The number of nitro groups is 1. The summed E-state index contributed by atoms with van der Waals surface area (Å²) < 4.78 is 0. The number of hydrogen-bond acceptors (Lipinski definition) is 5. The molecule has 0 heterocycles. The number of benzene rings is 1. The summed E-state index contributed by atoms with van der Waals surface area (Å²) in [6.07, 6.45) is 4.23. The number of aliphatic hydroxyl groups excluding tert-OH is 1. The van der Waals surface area contributed by atoms with Gasteiger partial charge >= 0.3 is 0 Å². The van der Waals surface area contributed by atoms with Crippen LogP contribution in [0.2, 0.25) is 0 Å². The van der Waals surface area contributed by atoms with Gasteiger partial charge in [-0.2, -0.15) is 0 Å². The second-order valence-electron chi connectivity index (χ2n) is 5.28. The topological polar surface area (TPSA) is 95.6 Å². The number of aliphatic hydroxyl groups is 1. The molecule has 1 fully saturated rings. The Bertz CT molecular complexity index is 478. The van der Waals surface area contributed by atoms with Gasteiger partial charge in [0.15, 0.2) is 0 Å². The zero-order valence-electron chi connectivity index (χ0n) is 11.3. The zero-order chi connectivity index (χ0) is 14.5. The van der Waals surface area contributed by atoms with Gasteiger partial charge in [-0.1, -0.05) is 12.8 Å². The van der Waals surface area contributed by atoms with Crippen LogP contribution in [-0.4, -0.2) is 27.8 Å². The van der Waals surface area contributed by atoms with Crippen LogP contribution in [0.4, 0.5) is 5.69 Å². The fourth-order valence-electron chi connectivity index (χ4n) is 2.76. The standard InChI is InChI=1S/C14H20N2O4/c17-9-10-3-1-2-4-13(10)15-8-11-7-12(16(19)20)5-6-14(11)18/h5-7,10,13,15,17-18H,1-4,8-9H2. The first kappa shape index (κ1) is 14.7. The predicted octanol–water partition coefficient (Wildman–Crippen LogP) is 1.94. The average molecular weight is 280 g/mol. The molecule has 1 saturated carbocycles. The Hall–Kier alpha value is -1.66. The van der Waals surface area contributed by atoms with Gasteiger partial charge in [-0.05, 0) is 24.8 Å². The normalized spacial score (nSPS) is 22.6. The average Bonchev–Trinajstić information content (AvgIpc) is 2.46. The fraction of sp³-hybridized carbons (Fsp3) is 0.571. The van der Waals surface area contributed by atoms with Gasteiger partial charge in [0.25, 0.3) is 5.69 Å². The fourth-order valence-corrected chi connectivity index (χ4v) is 2.76. The van der Waals surface area contributed by atoms with E-state index < -0.39 is 4.92 Å². The first-order valence-electron chi connectivity index (χ1n) is 6.92. The highest BCUT2D eigenvalue weighted by Gasteiger charge is 2.24. The van der Waals surface area contributed by atoms with Gasteiger partial charge in [-0.25, -0.2) is 0 Å². The lowest BCUT2D eigenvalue weighted by Crippen LogP contribution is -2.39. The maximum absolute atomic E-state index is 10.7. The third-order valence-electron chi connectivity index (χ3n) is 3.97. The zero-order valence-corrected chi connectivity index (χ0v) is 11.3. The van der Waals surface area contributed by atoms with Crippen LogP contribution in [0.5, 0.6) is 5.75 Å². The molecular weight excluding hydrogens is 260 g/mol. The minimum Gasteiger partial charge on any atom is -0.508 e. The number of phenols is 1. The Labute approximate surface area is 117 Å². The second kappa shape index (κ2) is 6.67. The Kier molecular flexibility index (Phi) is 4.92. The molecule has 1 aromatic rings. The molecule has 0 aromatic heterocycles. The summed E-state index contributed by atoms with van der Waals surface area (Å²) in [5.41, 5.74) is 0.489. The van der Waals surface area contributed by atoms with Crippen molar-refractivity contribution < 1.29 is 15.1 Å². The van der Waals surface area contributed by atoms with E-state index in [1.165, 1.54) is 18.2 Å². The largest absolute Gasteiger partial charge is 0.508 e. The van der Waals surface area contributed by atoms with E-state index in [2.05, 4.69) is 5.32 Å². The molecule has 3 N–H and O–H groups in total. The molecule has 20 heavy (non-hydrogen) atoms. The van der Waals surface area contributed by atoms with Crippen molar-refractivity contribution in [3.05, 3.63) is 33.9 Å². The van der Waals surface area contributed by atoms with Crippen molar-refractivity contribution in [1.82, 2.24) is 5.32 Å². The van der Waals surface area contributed by atoms with Crippen LogP contribution in [0, 0.1) is 16.0 Å². The van der Waals surface area contributed by atoms with Crippen molar-refractivity contribution >= 4 is 5.69 Å². The minimum absolute atomic E-state index is 0.0260. The molecule has 0 amide bonds. The number of nitrogens with zero attached hydrogens (tertiary/aromatic N) is 1. The van der Waals surface area contributed by atoms with Gasteiger partial charge in [-0.15, -0.1) is 0 Å². The number of phenolic OH excluding ortho intramolecular Hbond substituents is 1. The van der Waals surface area contributed by atoms with Crippen LogP contribution >= 0.6 is 0 Å². The van der Waals surface area contributed by atoms with Crippen molar-refractivity contribution in [2.75, 3.05) is 6.61 Å². The van der Waals surface area contributed by atoms with E-state index in [1.807, 2.05) is 0 Å². The van der Waals surface area contributed by atoms with Crippen molar-refractivity contribution in [1.29, 1.82) is 0 Å². The van der Waals surface area contributed by atoms with Gasteiger partial charge in [-0.3, -0.25) is 10.1 Å². The molecule has 2 rings (SSSR count). The monoisotopic (exact) mass is 280 g/mol. The maximum Gasteiger partial charge on any atom is 0.270 e. The van der Waals surface area contributed by atoms with Crippen molar-refractivity contribution in [2.24, 2.45) is 5.92 Å². The maximum atomic E-state index is 10.7. The summed E-state index contributed by atoms with van der Waals surface area (Å²) in [4.78, 5) is 10.3. The molecule has 0 spiro atoms. The van der Waals surface area contributed by atoms with Crippen LogP contribution in [0.25, 0.3) is 0 Å². The molecule has 1 aromatic carbocycles. The number of aromatic hydroxyl groups is 1. The molecule has 2 atom stereocenters. The third kappa shape index (κ3) is 3.46. The molecule has 0 aliphatic heterocycles. The lowest BCUT2D eigenvalue weighted by Gasteiger charge is -2.31. The summed E-state index contributed by atoms with van der Waals surface area (Å²) in [6.45, 7) is 0.521. The van der Waals surface area contributed by atoms with Crippen LogP contribution < -0.4 is 5.32 Å². The van der Waals surface area contributed by atoms with Crippen LogP contribution in [0.15, 0.2) is 18.2 Å². The Balaban J connectivity index is 2.02. The predicted molar refractivity (Wildman–Crippen MR) is 74.4 cm³/mol. The van der Waals surface area contributed by atoms with Crippen LogP contribution in [-0.2, 0) is 6.54 Å². The van der Waals surface area contributed by atoms with Crippen molar-refractivity contribution in [3.8, 4) is 5.75 Å². The SMILES string of the molecule is O=[N+]([O-])c1ccc(O)c(CNC2CCCCC2CO)c1. The molecule has 1 aliphatic carbocycles. The number of nitrogens with one attached hydrogen (secondary N) is 1. The van der Waals surface area contributed by atoms with Gasteiger partial charge in [0.2, 0.25) is 0 Å². The highest BCUT2D eigenvalue weighted by molar-refractivity contribution is 5.42. The van der Waals surface area contributed by atoms with E-state index in [0.717, 1.165) is 25.7 Å². The minimum atomic E-state index is -0.472. The summed E-state index contributed by atoms with van der Waals surface area (Å²) in [5, 5.41) is 33.2. The van der Waals surface area contributed by atoms with Crippen LogP contribution in [0.3, 0.4) is 0 Å². The molecule has 6 nitrogen and oxygen atoms in total. The first-order chi connectivity index (χ1) is 9.61. The smallest absolute Gasteiger partial charge is 0.270 e. The molecule has 0 bridgehead atoms. The summed E-state index contributed by atoms with van der Waals surface area (Å²) in [5.74, 6) is 0.282. The van der Waals surface area contributed by atoms with Crippen molar-refractivity contribution in [2.45, 2.75) is 38.3 Å². The Morgan fingerprint density at radius 3 is 2.80 bits per heavy atom. The Morgan fingerprint density at radius 2 is 2.10 bits per heavy atom. The third-order valence-corrected chi connectivity index (χ3v) is 3.97. The summed E-state index contributed by atoms with van der Waals surface area (Å²) in [6, 6.07) is 4.22. The lowest BCUT2D eigenvalue weighted by atomic mass is 9.85. The van der Waals surface area contributed by atoms with E-state index in [1.54, 1.807) is 0 Å². The van der Waals surface area contributed by atoms with Gasteiger partial charge in [0.1, 0.15) is 5.75 Å². The van der Waals surface area contributed by atoms with E-state index in [4.69, 9.17) is 0 Å². The summed E-state index contributed by atoms with van der Waals surface area (Å²) >= 11 is 0. The molecular formula is C14H20N2O4. The molecule has 0 radical (unpaired) electrons. The highest BCUT2D eigenvalue weighted by atomic mass is 16.6. The molecule has 110 valence electrons. The molecule has 1 aliphatic rings. The van der Waals surface area contributed by atoms with Crippen molar-refractivity contribution in [3.63, 3.8) is 0 Å². The summed E-state index contributed by atoms with van der Waals surface area (Å²) in [7, 11) is 0. The highest BCUT2D eigenvalue weighted by Crippen LogP contribution is 2.26. The van der Waals surface area contributed by atoms with Gasteiger partial charge < -0.3 is 15.5 Å². The van der Waals surface area contributed by atoms with Gasteiger partial charge in [0, 0.05) is 36.9 Å². The number of hydrogen-bond donors (Lipinski definition) is 3.